The first kappa shape index (κ1) is 21.6. The van der Waals surface area contributed by atoms with Gasteiger partial charge in [0.15, 0.2) is 0 Å². The van der Waals surface area contributed by atoms with Gasteiger partial charge in [-0.1, -0.05) is 6.42 Å². The van der Waals surface area contributed by atoms with Gasteiger partial charge in [0.05, 0.1) is 16.5 Å². The summed E-state index contributed by atoms with van der Waals surface area (Å²) in [7, 11) is -2.47. The first-order valence-electron chi connectivity index (χ1n) is 7.99. The van der Waals surface area contributed by atoms with Crippen LogP contribution in [0.2, 0.25) is 0 Å². The van der Waals surface area contributed by atoms with Gasteiger partial charge in [0.25, 0.3) is 0 Å². The molecule has 0 saturated heterocycles. The van der Waals surface area contributed by atoms with E-state index >= 15 is 0 Å². The first-order chi connectivity index (χ1) is 12.4. The fourth-order valence-electron chi connectivity index (χ4n) is 2.49. The zero-order valence-electron chi connectivity index (χ0n) is 14.2. The highest BCUT2D eigenvalue weighted by Crippen LogP contribution is 2.31. The Labute approximate surface area is 153 Å². The number of nitrogens with zero attached hydrogens (tertiary/aromatic N) is 1. The molecule has 1 fully saturated rings. The average Bonchev–Trinajstić information content (AvgIpc) is 2.42. The van der Waals surface area contributed by atoms with Crippen LogP contribution in [-0.4, -0.2) is 34.7 Å². The number of aryl methyl sites for hydroxylation is 1. The van der Waals surface area contributed by atoms with Crippen LogP contribution in [0.5, 0.6) is 0 Å². The Morgan fingerprint density at radius 3 is 2.30 bits per heavy atom. The van der Waals surface area contributed by atoms with Crippen molar-refractivity contribution in [1.82, 2.24) is 0 Å². The van der Waals surface area contributed by atoms with Gasteiger partial charge in [0.1, 0.15) is 24.0 Å². The Balaban J connectivity index is 2.30. The zero-order chi connectivity index (χ0) is 20.4. The van der Waals surface area contributed by atoms with Gasteiger partial charge in [-0.3, -0.25) is 9.20 Å². The molecule has 0 amide bonds. The standard InChI is InChI=1S/C16H17F7N2OS/c1-9-5-11(17)12(6-13(9)27(26)8-16(21,22)23)25-14(10-3-2-4-10)24-7-15(18,19)20/h5-6,10H,2-4,7-8H2,1H3,(H,24,25). The summed E-state index contributed by atoms with van der Waals surface area (Å²) >= 11 is 0. The van der Waals surface area contributed by atoms with Crippen molar-refractivity contribution in [2.24, 2.45) is 10.9 Å². The molecule has 152 valence electrons. The third-order valence-corrected chi connectivity index (χ3v) is 5.51. The predicted molar refractivity (Wildman–Crippen MR) is 87.8 cm³/mol. The number of aliphatic imine (C=N–C) groups is 1. The number of rotatable bonds is 5. The lowest BCUT2D eigenvalue weighted by atomic mass is 9.84. The van der Waals surface area contributed by atoms with Crippen LogP contribution >= 0.6 is 0 Å². The van der Waals surface area contributed by atoms with Crippen molar-refractivity contribution in [2.75, 3.05) is 17.6 Å². The Bertz CT molecular complexity index is 740. The second-order valence-electron chi connectivity index (χ2n) is 6.27. The molecule has 0 bridgehead atoms. The zero-order valence-corrected chi connectivity index (χ0v) is 15.0. The van der Waals surface area contributed by atoms with E-state index in [4.69, 9.17) is 0 Å². The molecule has 0 radical (unpaired) electrons. The van der Waals surface area contributed by atoms with Gasteiger partial charge in [-0.15, -0.1) is 0 Å². The van der Waals surface area contributed by atoms with Crippen LogP contribution in [0.4, 0.5) is 36.4 Å². The Morgan fingerprint density at radius 1 is 1.19 bits per heavy atom. The lowest BCUT2D eigenvalue weighted by Crippen LogP contribution is -2.30. The van der Waals surface area contributed by atoms with Crippen molar-refractivity contribution < 1.29 is 34.9 Å². The predicted octanol–water partition coefficient (Wildman–Crippen LogP) is 4.98. The summed E-state index contributed by atoms with van der Waals surface area (Å²) in [5, 5.41) is 2.47. The van der Waals surface area contributed by atoms with Crippen LogP contribution in [0.25, 0.3) is 0 Å². The largest absolute Gasteiger partial charge is 0.408 e. The number of anilines is 1. The second-order valence-corrected chi connectivity index (χ2v) is 7.69. The summed E-state index contributed by atoms with van der Waals surface area (Å²) in [6.45, 7) is -0.146. The maximum Gasteiger partial charge on any atom is 0.408 e. The molecular weight excluding hydrogens is 401 g/mol. The molecule has 0 heterocycles. The van der Waals surface area contributed by atoms with Crippen LogP contribution in [0.15, 0.2) is 22.0 Å². The van der Waals surface area contributed by atoms with Crippen LogP contribution < -0.4 is 5.32 Å². The number of alkyl halides is 6. The molecule has 1 saturated carbocycles. The number of halogens is 7. The van der Waals surface area contributed by atoms with Gasteiger partial charge in [-0.25, -0.2) is 4.39 Å². The van der Waals surface area contributed by atoms with Crippen molar-refractivity contribution in [3.63, 3.8) is 0 Å². The van der Waals surface area contributed by atoms with E-state index in [1.165, 1.54) is 6.92 Å². The van der Waals surface area contributed by atoms with Crippen molar-refractivity contribution in [1.29, 1.82) is 0 Å². The SMILES string of the molecule is Cc1cc(F)c(NC(=NCC(F)(F)F)C2CCC2)cc1S(=O)CC(F)(F)F. The topological polar surface area (TPSA) is 41.5 Å². The molecule has 1 atom stereocenters. The molecule has 11 heteroatoms. The third kappa shape index (κ3) is 6.47. The van der Waals surface area contributed by atoms with E-state index in [2.05, 4.69) is 10.3 Å². The molecule has 27 heavy (non-hydrogen) atoms. The van der Waals surface area contributed by atoms with Crippen LogP contribution in [-0.2, 0) is 10.8 Å². The lowest BCUT2D eigenvalue weighted by molar-refractivity contribution is -0.118. The van der Waals surface area contributed by atoms with Crippen LogP contribution in [0.1, 0.15) is 24.8 Å². The number of hydrogen-bond donors (Lipinski definition) is 1. The van der Waals surface area contributed by atoms with Crippen molar-refractivity contribution >= 4 is 22.3 Å². The summed E-state index contributed by atoms with van der Waals surface area (Å²) in [4.78, 5) is 3.23. The summed E-state index contributed by atoms with van der Waals surface area (Å²) in [6.07, 6.45) is -7.28. The highest BCUT2D eigenvalue weighted by molar-refractivity contribution is 7.85. The molecule has 2 rings (SSSR count). The highest BCUT2D eigenvalue weighted by Gasteiger charge is 2.32. The summed E-state index contributed by atoms with van der Waals surface area (Å²) in [5.74, 6) is -2.86. The summed E-state index contributed by atoms with van der Waals surface area (Å²) in [5.41, 5.74) is -0.294. The molecule has 1 aromatic carbocycles. The molecule has 1 aromatic rings. The smallest absolute Gasteiger partial charge is 0.341 e. The molecule has 3 nitrogen and oxygen atoms in total. The average molecular weight is 418 g/mol. The fourth-order valence-corrected chi connectivity index (χ4v) is 3.61. The van der Waals surface area contributed by atoms with Gasteiger partial charge in [-0.2, -0.15) is 26.3 Å². The summed E-state index contributed by atoms with van der Waals surface area (Å²) < 4.78 is 101. The molecule has 1 N–H and O–H groups in total. The minimum Gasteiger partial charge on any atom is -0.341 e. The quantitative estimate of drug-likeness (QED) is 0.417. The fraction of sp³-hybridized carbons (Fsp3) is 0.562. The first-order valence-corrected chi connectivity index (χ1v) is 9.31. The van der Waals surface area contributed by atoms with E-state index in [9.17, 15) is 34.9 Å². The maximum atomic E-state index is 14.2. The molecule has 1 unspecified atom stereocenters. The molecule has 0 spiro atoms. The number of benzene rings is 1. The van der Waals surface area contributed by atoms with Gasteiger partial charge >= 0.3 is 12.4 Å². The maximum absolute atomic E-state index is 14.2. The van der Waals surface area contributed by atoms with Crippen LogP contribution in [0.3, 0.4) is 0 Å². The minimum atomic E-state index is -4.68. The van der Waals surface area contributed by atoms with E-state index in [0.717, 1.165) is 18.6 Å². The monoisotopic (exact) mass is 418 g/mol. The highest BCUT2D eigenvalue weighted by atomic mass is 32.2. The van der Waals surface area contributed by atoms with Crippen molar-refractivity contribution in [3.05, 3.63) is 23.5 Å². The number of hydrogen-bond acceptors (Lipinski definition) is 2. The summed E-state index contributed by atoms with van der Waals surface area (Å²) in [6, 6.07) is 1.84. The van der Waals surface area contributed by atoms with Gasteiger partial charge in [-0.05, 0) is 37.5 Å². The van der Waals surface area contributed by atoms with Gasteiger partial charge < -0.3 is 5.32 Å². The van der Waals surface area contributed by atoms with E-state index < -0.39 is 41.3 Å². The van der Waals surface area contributed by atoms with Gasteiger partial charge in [0, 0.05) is 10.8 Å². The second kappa shape index (κ2) is 8.15. The van der Waals surface area contributed by atoms with E-state index in [-0.39, 0.29) is 27.9 Å². The number of nitrogens with one attached hydrogen (secondary N) is 1. The Morgan fingerprint density at radius 2 is 1.81 bits per heavy atom. The molecule has 0 aliphatic heterocycles. The molecule has 1 aliphatic carbocycles. The van der Waals surface area contributed by atoms with Crippen molar-refractivity contribution in [2.45, 2.75) is 43.4 Å². The van der Waals surface area contributed by atoms with Gasteiger partial charge in [0.2, 0.25) is 0 Å². The van der Waals surface area contributed by atoms with E-state index in [1.807, 2.05) is 0 Å². The molecule has 0 aromatic heterocycles. The Hall–Kier alpha value is -1.65. The Kier molecular flexibility index (Phi) is 6.54. The minimum absolute atomic E-state index is 0.0538. The number of amidine groups is 1. The molecular formula is C16H17F7N2OS. The van der Waals surface area contributed by atoms with Crippen LogP contribution in [0, 0.1) is 18.7 Å². The normalized spacial score (nSPS) is 17.6. The lowest BCUT2D eigenvalue weighted by Gasteiger charge is -2.28. The van der Waals surface area contributed by atoms with E-state index in [1.54, 1.807) is 0 Å². The third-order valence-electron chi connectivity index (χ3n) is 3.99. The van der Waals surface area contributed by atoms with E-state index in [0.29, 0.717) is 12.8 Å². The van der Waals surface area contributed by atoms with Crippen molar-refractivity contribution in [3.8, 4) is 0 Å². The molecule has 1 aliphatic rings.